The van der Waals surface area contributed by atoms with E-state index in [0.29, 0.717) is 6.54 Å². The zero-order valence-electron chi connectivity index (χ0n) is 11.2. The molecule has 0 radical (unpaired) electrons. The second kappa shape index (κ2) is 6.06. The molecule has 0 saturated heterocycles. The number of para-hydroxylation sites is 1. The number of aromatic hydroxyl groups is 1. The highest BCUT2D eigenvalue weighted by molar-refractivity contribution is 5.70. The number of carbonyl (C=O) groups is 1. The zero-order chi connectivity index (χ0) is 13.8. The second-order valence-electron chi connectivity index (χ2n) is 5.32. The van der Waals surface area contributed by atoms with Crippen LogP contribution in [0.25, 0.3) is 0 Å². The average Bonchev–Trinajstić information content (AvgIpc) is 2.85. The predicted octanol–water partition coefficient (Wildman–Crippen LogP) is 2.54. The van der Waals surface area contributed by atoms with Crippen molar-refractivity contribution >= 4 is 5.97 Å². The van der Waals surface area contributed by atoms with Gasteiger partial charge in [-0.2, -0.15) is 0 Å². The summed E-state index contributed by atoms with van der Waals surface area (Å²) < 4.78 is 0. The van der Waals surface area contributed by atoms with E-state index in [4.69, 9.17) is 5.11 Å². The monoisotopic (exact) mass is 263 g/mol. The Kier molecular flexibility index (Phi) is 4.43. The first-order chi connectivity index (χ1) is 9.09. The molecular weight excluding hydrogens is 242 g/mol. The van der Waals surface area contributed by atoms with Crippen molar-refractivity contribution in [1.29, 1.82) is 0 Å². The van der Waals surface area contributed by atoms with Crippen molar-refractivity contribution in [3.63, 3.8) is 0 Å². The smallest absolute Gasteiger partial charge is 0.306 e. The molecule has 19 heavy (non-hydrogen) atoms. The van der Waals surface area contributed by atoms with Gasteiger partial charge in [-0.1, -0.05) is 24.6 Å². The molecule has 3 unspecified atom stereocenters. The Morgan fingerprint density at radius 3 is 2.84 bits per heavy atom. The van der Waals surface area contributed by atoms with E-state index in [0.717, 1.165) is 24.8 Å². The Balaban J connectivity index is 1.92. The Morgan fingerprint density at radius 2 is 2.16 bits per heavy atom. The maximum Gasteiger partial charge on any atom is 0.306 e. The van der Waals surface area contributed by atoms with Crippen molar-refractivity contribution in [2.24, 2.45) is 11.8 Å². The largest absolute Gasteiger partial charge is 0.508 e. The third-order valence-corrected chi connectivity index (χ3v) is 4.07. The summed E-state index contributed by atoms with van der Waals surface area (Å²) in [6, 6.07) is 7.27. The quantitative estimate of drug-likeness (QED) is 0.763. The van der Waals surface area contributed by atoms with Crippen LogP contribution >= 0.6 is 0 Å². The van der Waals surface area contributed by atoms with Crippen molar-refractivity contribution in [3.8, 4) is 5.75 Å². The van der Waals surface area contributed by atoms with Gasteiger partial charge in [0.15, 0.2) is 0 Å². The van der Waals surface area contributed by atoms with Gasteiger partial charge in [0.05, 0.1) is 5.92 Å². The van der Waals surface area contributed by atoms with Gasteiger partial charge in [-0.05, 0) is 38.3 Å². The van der Waals surface area contributed by atoms with Gasteiger partial charge in [-0.25, -0.2) is 0 Å². The Morgan fingerprint density at radius 1 is 1.42 bits per heavy atom. The van der Waals surface area contributed by atoms with Crippen molar-refractivity contribution in [2.75, 3.05) is 6.54 Å². The summed E-state index contributed by atoms with van der Waals surface area (Å²) in [4.78, 5) is 11.1. The number of rotatable bonds is 5. The van der Waals surface area contributed by atoms with Gasteiger partial charge >= 0.3 is 5.97 Å². The molecule has 1 aromatic rings. The van der Waals surface area contributed by atoms with Crippen LogP contribution in [-0.4, -0.2) is 22.7 Å². The lowest BCUT2D eigenvalue weighted by Crippen LogP contribution is -2.30. The van der Waals surface area contributed by atoms with Gasteiger partial charge in [0, 0.05) is 11.6 Å². The van der Waals surface area contributed by atoms with E-state index in [1.165, 1.54) is 0 Å². The van der Waals surface area contributed by atoms with Crippen LogP contribution in [0.2, 0.25) is 0 Å². The topological polar surface area (TPSA) is 69.6 Å². The van der Waals surface area contributed by atoms with E-state index in [2.05, 4.69) is 5.32 Å². The van der Waals surface area contributed by atoms with Crippen LogP contribution in [0.15, 0.2) is 24.3 Å². The van der Waals surface area contributed by atoms with Gasteiger partial charge in [-0.15, -0.1) is 0 Å². The molecule has 1 aliphatic carbocycles. The highest BCUT2D eigenvalue weighted by Crippen LogP contribution is 2.32. The minimum atomic E-state index is -0.681. The minimum absolute atomic E-state index is 0.0243. The summed E-state index contributed by atoms with van der Waals surface area (Å²) in [7, 11) is 0. The lowest BCUT2D eigenvalue weighted by atomic mass is 9.95. The molecular formula is C15H21NO3. The number of phenolic OH excluding ortho intramolecular Hbond substituents is 1. The minimum Gasteiger partial charge on any atom is -0.508 e. The van der Waals surface area contributed by atoms with Gasteiger partial charge in [0.25, 0.3) is 0 Å². The van der Waals surface area contributed by atoms with Crippen LogP contribution in [0, 0.1) is 11.8 Å². The van der Waals surface area contributed by atoms with Crippen LogP contribution in [0.1, 0.15) is 37.8 Å². The maximum atomic E-state index is 11.1. The number of hydrogen-bond acceptors (Lipinski definition) is 3. The lowest BCUT2D eigenvalue weighted by molar-refractivity contribution is -0.142. The molecule has 4 heteroatoms. The summed E-state index contributed by atoms with van der Waals surface area (Å²) >= 11 is 0. The Bertz CT molecular complexity index is 447. The van der Waals surface area contributed by atoms with E-state index in [-0.39, 0.29) is 23.6 Å². The Hall–Kier alpha value is -1.55. The van der Waals surface area contributed by atoms with Crippen LogP contribution in [0.3, 0.4) is 0 Å². The van der Waals surface area contributed by atoms with Gasteiger partial charge < -0.3 is 15.5 Å². The molecule has 0 amide bonds. The Labute approximate surface area is 113 Å². The van der Waals surface area contributed by atoms with Crippen molar-refractivity contribution in [3.05, 3.63) is 29.8 Å². The number of hydrogen-bond donors (Lipinski definition) is 3. The van der Waals surface area contributed by atoms with Crippen molar-refractivity contribution in [1.82, 2.24) is 5.32 Å². The molecule has 3 N–H and O–H groups in total. The maximum absolute atomic E-state index is 11.1. The zero-order valence-corrected chi connectivity index (χ0v) is 11.2. The fourth-order valence-corrected chi connectivity index (χ4v) is 2.90. The van der Waals surface area contributed by atoms with Gasteiger partial charge in [0.1, 0.15) is 5.75 Å². The van der Waals surface area contributed by atoms with E-state index < -0.39 is 5.97 Å². The summed E-state index contributed by atoms with van der Waals surface area (Å²) in [5, 5.41) is 22.3. The molecule has 1 aliphatic rings. The highest BCUT2D eigenvalue weighted by Gasteiger charge is 2.32. The van der Waals surface area contributed by atoms with Crippen LogP contribution in [-0.2, 0) is 4.79 Å². The molecule has 0 heterocycles. The average molecular weight is 263 g/mol. The molecule has 1 aromatic carbocycles. The van der Waals surface area contributed by atoms with E-state index in [1.54, 1.807) is 12.1 Å². The fraction of sp³-hybridized carbons (Fsp3) is 0.533. The number of benzene rings is 1. The number of phenols is 1. The molecule has 0 aromatic heterocycles. The molecule has 104 valence electrons. The summed E-state index contributed by atoms with van der Waals surface area (Å²) in [6.07, 6.45) is 2.75. The fourth-order valence-electron chi connectivity index (χ4n) is 2.90. The number of aliphatic carboxylic acids is 1. The molecule has 0 bridgehead atoms. The predicted molar refractivity (Wildman–Crippen MR) is 73.0 cm³/mol. The second-order valence-corrected chi connectivity index (χ2v) is 5.32. The number of carboxylic acid groups (broad SMARTS) is 1. The third-order valence-electron chi connectivity index (χ3n) is 4.07. The van der Waals surface area contributed by atoms with E-state index in [1.807, 2.05) is 19.1 Å². The van der Waals surface area contributed by atoms with E-state index >= 15 is 0 Å². The molecule has 4 nitrogen and oxygen atoms in total. The lowest BCUT2D eigenvalue weighted by Gasteiger charge is -2.21. The SMILES string of the molecule is CC(NCC1CCCC1C(=O)O)c1ccccc1O. The molecule has 3 atom stereocenters. The highest BCUT2D eigenvalue weighted by atomic mass is 16.4. The van der Waals surface area contributed by atoms with Crippen LogP contribution in [0.5, 0.6) is 5.75 Å². The molecule has 2 rings (SSSR count). The van der Waals surface area contributed by atoms with Gasteiger partial charge in [0.2, 0.25) is 0 Å². The van der Waals surface area contributed by atoms with Crippen LogP contribution in [0.4, 0.5) is 0 Å². The first-order valence-electron chi connectivity index (χ1n) is 6.83. The van der Waals surface area contributed by atoms with E-state index in [9.17, 15) is 9.90 Å². The van der Waals surface area contributed by atoms with Crippen molar-refractivity contribution < 1.29 is 15.0 Å². The first kappa shape index (κ1) is 13.9. The third kappa shape index (κ3) is 3.26. The number of nitrogens with one attached hydrogen (secondary N) is 1. The molecule has 0 aliphatic heterocycles. The number of carboxylic acids is 1. The van der Waals surface area contributed by atoms with Crippen LogP contribution < -0.4 is 5.32 Å². The van der Waals surface area contributed by atoms with Gasteiger partial charge in [-0.3, -0.25) is 4.79 Å². The summed E-state index contributed by atoms with van der Waals surface area (Å²) in [6.45, 7) is 2.67. The molecule has 0 spiro atoms. The van der Waals surface area contributed by atoms with Crippen molar-refractivity contribution in [2.45, 2.75) is 32.2 Å². The molecule has 1 fully saturated rings. The normalized spacial score (nSPS) is 24.3. The summed E-state index contributed by atoms with van der Waals surface area (Å²) in [5.74, 6) is -0.418. The molecule has 1 saturated carbocycles. The first-order valence-corrected chi connectivity index (χ1v) is 6.83. The standard InChI is InChI=1S/C15H21NO3/c1-10(12-6-2-3-8-14(12)17)16-9-11-5-4-7-13(11)15(18)19/h2-3,6,8,10-11,13,16-17H,4-5,7,9H2,1H3,(H,18,19). The summed E-state index contributed by atoms with van der Waals surface area (Å²) in [5.41, 5.74) is 0.854.